The Kier molecular flexibility index (Phi) is 4.54. The first kappa shape index (κ1) is 14.0. The second kappa shape index (κ2) is 5.52. The Balaban J connectivity index is 2.66. The van der Waals surface area contributed by atoms with Crippen molar-refractivity contribution in [1.82, 2.24) is 4.90 Å². The zero-order valence-electron chi connectivity index (χ0n) is 11.0. The number of nitrogens with zero attached hydrogens (tertiary/aromatic N) is 1. The van der Waals surface area contributed by atoms with Crippen LogP contribution in [0.1, 0.15) is 52.4 Å². The molecule has 0 heterocycles. The van der Waals surface area contributed by atoms with Crippen molar-refractivity contribution in [1.29, 1.82) is 0 Å². The van der Waals surface area contributed by atoms with Gasteiger partial charge in [-0.05, 0) is 32.1 Å². The van der Waals surface area contributed by atoms with E-state index in [1.54, 1.807) is 11.9 Å². The summed E-state index contributed by atoms with van der Waals surface area (Å²) in [4.78, 5) is 25.1. The van der Waals surface area contributed by atoms with Crippen molar-refractivity contribution in [2.75, 3.05) is 7.05 Å². The van der Waals surface area contributed by atoms with Crippen molar-refractivity contribution in [3.05, 3.63) is 0 Å². The predicted octanol–water partition coefficient (Wildman–Crippen LogP) is 2.28. The first-order chi connectivity index (χ1) is 7.96. The van der Waals surface area contributed by atoms with E-state index >= 15 is 0 Å². The van der Waals surface area contributed by atoms with Crippen LogP contribution in [-0.2, 0) is 9.59 Å². The predicted molar refractivity (Wildman–Crippen MR) is 65.7 cm³/mol. The second-order valence-corrected chi connectivity index (χ2v) is 5.06. The van der Waals surface area contributed by atoms with E-state index in [0.29, 0.717) is 18.9 Å². The van der Waals surface area contributed by atoms with Crippen LogP contribution >= 0.6 is 0 Å². The maximum absolute atomic E-state index is 12.1. The summed E-state index contributed by atoms with van der Waals surface area (Å²) in [5.41, 5.74) is -0.880. The number of rotatable bonds is 6. The maximum atomic E-state index is 12.1. The fourth-order valence-corrected chi connectivity index (χ4v) is 2.27. The van der Waals surface area contributed by atoms with Gasteiger partial charge in [0.15, 0.2) is 0 Å². The van der Waals surface area contributed by atoms with Gasteiger partial charge in [0.25, 0.3) is 0 Å². The van der Waals surface area contributed by atoms with E-state index in [-0.39, 0.29) is 12.3 Å². The molecule has 1 fully saturated rings. The molecule has 1 rings (SSSR count). The Morgan fingerprint density at radius 2 is 1.82 bits per heavy atom. The molecule has 0 aromatic rings. The lowest BCUT2D eigenvalue weighted by Gasteiger charge is -2.37. The van der Waals surface area contributed by atoms with Gasteiger partial charge >= 0.3 is 5.97 Å². The van der Waals surface area contributed by atoms with Gasteiger partial charge in [0, 0.05) is 19.5 Å². The summed E-state index contributed by atoms with van der Waals surface area (Å²) < 4.78 is 0. The molecule has 0 aromatic carbocycles. The fourth-order valence-electron chi connectivity index (χ4n) is 2.27. The summed E-state index contributed by atoms with van der Waals surface area (Å²) in [6.45, 7) is 3.68. The van der Waals surface area contributed by atoms with Crippen molar-refractivity contribution in [3.8, 4) is 0 Å². The van der Waals surface area contributed by atoms with E-state index in [2.05, 4.69) is 0 Å². The van der Waals surface area contributed by atoms with Gasteiger partial charge in [-0.2, -0.15) is 0 Å². The molecule has 0 aliphatic heterocycles. The number of hydrogen-bond donors (Lipinski definition) is 1. The Hall–Kier alpha value is -1.06. The van der Waals surface area contributed by atoms with E-state index in [1.165, 1.54) is 6.42 Å². The van der Waals surface area contributed by atoms with Crippen LogP contribution < -0.4 is 0 Å². The summed E-state index contributed by atoms with van der Waals surface area (Å²) in [5, 5.41) is 9.29. The molecule has 1 aliphatic rings. The molecular weight excluding hydrogens is 218 g/mol. The lowest BCUT2D eigenvalue weighted by atomic mass is 9.78. The van der Waals surface area contributed by atoms with Crippen molar-refractivity contribution < 1.29 is 14.7 Å². The largest absolute Gasteiger partial charge is 0.481 e. The topological polar surface area (TPSA) is 57.6 Å². The molecule has 1 saturated carbocycles. The monoisotopic (exact) mass is 241 g/mol. The molecule has 0 bridgehead atoms. The van der Waals surface area contributed by atoms with Gasteiger partial charge < -0.3 is 10.0 Å². The number of hydrogen-bond acceptors (Lipinski definition) is 2. The van der Waals surface area contributed by atoms with E-state index in [4.69, 9.17) is 0 Å². The molecule has 0 spiro atoms. The van der Waals surface area contributed by atoms with Crippen LogP contribution in [-0.4, -0.2) is 35.0 Å². The van der Waals surface area contributed by atoms with Crippen LogP contribution in [0.5, 0.6) is 0 Å². The minimum atomic E-state index is -0.880. The van der Waals surface area contributed by atoms with Crippen LogP contribution in [0.25, 0.3) is 0 Å². The van der Waals surface area contributed by atoms with E-state index in [1.807, 2.05) is 13.8 Å². The molecule has 98 valence electrons. The van der Waals surface area contributed by atoms with E-state index in [9.17, 15) is 14.7 Å². The quantitative estimate of drug-likeness (QED) is 0.776. The third kappa shape index (κ3) is 2.79. The molecule has 4 heteroatoms. The first-order valence-corrected chi connectivity index (χ1v) is 6.46. The van der Waals surface area contributed by atoms with Crippen molar-refractivity contribution in [2.24, 2.45) is 5.41 Å². The molecule has 4 nitrogen and oxygen atoms in total. The SMILES string of the molecule is CCC(CC)(CC(=O)N(C)C1CCC1)C(=O)O. The first-order valence-electron chi connectivity index (χ1n) is 6.46. The average molecular weight is 241 g/mol. The minimum Gasteiger partial charge on any atom is -0.481 e. The normalized spacial score (nSPS) is 16.4. The molecule has 0 atom stereocenters. The highest BCUT2D eigenvalue weighted by molar-refractivity contribution is 5.85. The highest BCUT2D eigenvalue weighted by atomic mass is 16.4. The third-order valence-electron chi connectivity index (χ3n) is 4.31. The highest BCUT2D eigenvalue weighted by Crippen LogP contribution is 2.33. The smallest absolute Gasteiger partial charge is 0.310 e. The van der Waals surface area contributed by atoms with Crippen LogP contribution in [0.4, 0.5) is 0 Å². The molecule has 0 saturated heterocycles. The number of carboxylic acid groups (broad SMARTS) is 1. The molecule has 1 aliphatic carbocycles. The molecular formula is C13H23NO3. The van der Waals surface area contributed by atoms with Crippen molar-refractivity contribution in [2.45, 2.75) is 58.4 Å². The molecule has 17 heavy (non-hydrogen) atoms. The number of carbonyl (C=O) groups is 2. The number of aliphatic carboxylic acids is 1. The van der Waals surface area contributed by atoms with Gasteiger partial charge in [0.05, 0.1) is 5.41 Å². The molecule has 0 unspecified atom stereocenters. The van der Waals surface area contributed by atoms with Gasteiger partial charge in [-0.15, -0.1) is 0 Å². The average Bonchev–Trinajstić information content (AvgIpc) is 2.22. The van der Waals surface area contributed by atoms with Crippen LogP contribution in [0.3, 0.4) is 0 Å². The Morgan fingerprint density at radius 1 is 1.29 bits per heavy atom. The standard InChI is InChI=1S/C13H23NO3/c1-4-13(5-2,12(16)17)9-11(15)14(3)10-7-6-8-10/h10H,4-9H2,1-3H3,(H,16,17). The zero-order chi connectivity index (χ0) is 13.1. The van der Waals surface area contributed by atoms with E-state index < -0.39 is 11.4 Å². The summed E-state index contributed by atoms with van der Waals surface area (Å²) >= 11 is 0. The fraction of sp³-hybridized carbons (Fsp3) is 0.846. The molecule has 0 aromatic heterocycles. The van der Waals surface area contributed by atoms with Gasteiger partial charge in [-0.1, -0.05) is 13.8 Å². The lowest BCUT2D eigenvalue weighted by molar-refractivity contribution is -0.155. The third-order valence-corrected chi connectivity index (χ3v) is 4.31. The summed E-state index contributed by atoms with van der Waals surface area (Å²) in [5.74, 6) is -0.876. The Morgan fingerprint density at radius 3 is 2.12 bits per heavy atom. The second-order valence-electron chi connectivity index (χ2n) is 5.06. The summed E-state index contributed by atoms with van der Waals surface area (Å²) in [6.07, 6.45) is 4.42. The Bertz CT molecular complexity index is 293. The van der Waals surface area contributed by atoms with Crippen LogP contribution in [0.15, 0.2) is 0 Å². The number of carboxylic acids is 1. The summed E-state index contributed by atoms with van der Waals surface area (Å²) in [7, 11) is 1.80. The minimum absolute atomic E-state index is 0.0270. The van der Waals surface area contributed by atoms with Gasteiger partial charge in [0.1, 0.15) is 0 Å². The van der Waals surface area contributed by atoms with Gasteiger partial charge in [-0.25, -0.2) is 0 Å². The summed E-state index contributed by atoms with van der Waals surface area (Å²) in [6, 6.07) is 0.336. The van der Waals surface area contributed by atoms with Crippen molar-refractivity contribution >= 4 is 11.9 Å². The maximum Gasteiger partial charge on any atom is 0.310 e. The van der Waals surface area contributed by atoms with Crippen LogP contribution in [0, 0.1) is 5.41 Å². The van der Waals surface area contributed by atoms with E-state index in [0.717, 1.165) is 12.8 Å². The highest BCUT2D eigenvalue weighted by Gasteiger charge is 2.39. The van der Waals surface area contributed by atoms with Gasteiger partial charge in [-0.3, -0.25) is 9.59 Å². The van der Waals surface area contributed by atoms with Crippen molar-refractivity contribution in [3.63, 3.8) is 0 Å². The molecule has 0 radical (unpaired) electrons. The Labute approximate surface area is 103 Å². The zero-order valence-corrected chi connectivity index (χ0v) is 11.0. The van der Waals surface area contributed by atoms with Gasteiger partial charge in [0.2, 0.25) is 5.91 Å². The lowest BCUT2D eigenvalue weighted by Crippen LogP contribution is -2.44. The number of carbonyl (C=O) groups excluding carboxylic acids is 1. The number of amides is 1. The van der Waals surface area contributed by atoms with Crippen LogP contribution in [0.2, 0.25) is 0 Å². The molecule has 1 amide bonds. The molecule has 1 N–H and O–H groups in total.